The summed E-state index contributed by atoms with van der Waals surface area (Å²) in [5.74, 6) is 0.223. The molecule has 1 aliphatic rings. The van der Waals surface area contributed by atoms with Crippen molar-refractivity contribution in [3.8, 4) is 0 Å². The van der Waals surface area contributed by atoms with Crippen LogP contribution in [0.2, 0.25) is 0 Å². The van der Waals surface area contributed by atoms with E-state index in [2.05, 4.69) is 10.3 Å². The van der Waals surface area contributed by atoms with Gasteiger partial charge >= 0.3 is 0 Å². The highest BCUT2D eigenvalue weighted by Gasteiger charge is 2.32. The highest BCUT2D eigenvalue weighted by molar-refractivity contribution is 5.84. The summed E-state index contributed by atoms with van der Waals surface area (Å²) in [5, 5.41) is 3.12. The van der Waals surface area contributed by atoms with Gasteiger partial charge in [0.25, 0.3) is 0 Å². The second-order valence-corrected chi connectivity index (χ2v) is 4.04. The van der Waals surface area contributed by atoms with Gasteiger partial charge in [0.05, 0.1) is 19.1 Å². The van der Waals surface area contributed by atoms with Gasteiger partial charge in [0.15, 0.2) is 0 Å². The molecule has 1 saturated heterocycles. The molecule has 2 unspecified atom stereocenters. The summed E-state index contributed by atoms with van der Waals surface area (Å²) in [6, 6.07) is 3.92. The fraction of sp³-hybridized carbons (Fsp3) is 0.500. The van der Waals surface area contributed by atoms with Crippen molar-refractivity contribution in [3.05, 3.63) is 30.1 Å². The average Bonchev–Trinajstić information content (AvgIpc) is 2.78. The third kappa shape index (κ3) is 2.46. The van der Waals surface area contributed by atoms with Crippen LogP contribution >= 0.6 is 0 Å². The number of nitrogens with one attached hydrogen (secondary N) is 1. The predicted molar refractivity (Wildman–Crippen MR) is 60.1 cm³/mol. The molecule has 1 aromatic rings. The molecule has 0 saturated carbocycles. The molecule has 0 amide bonds. The first-order valence-corrected chi connectivity index (χ1v) is 5.48. The maximum Gasteiger partial charge on any atom is 0.144 e. The Morgan fingerprint density at radius 2 is 2.25 bits per heavy atom. The molecule has 0 spiro atoms. The Kier molecular flexibility index (Phi) is 3.64. The van der Waals surface area contributed by atoms with Gasteiger partial charge in [-0.3, -0.25) is 9.78 Å². The van der Waals surface area contributed by atoms with Crippen LogP contribution in [0.25, 0.3) is 0 Å². The second kappa shape index (κ2) is 5.18. The summed E-state index contributed by atoms with van der Waals surface area (Å²) in [4.78, 5) is 16.0. The van der Waals surface area contributed by atoms with Crippen molar-refractivity contribution >= 4 is 5.78 Å². The Balaban J connectivity index is 1.98. The van der Waals surface area contributed by atoms with E-state index < -0.39 is 0 Å². The number of likely N-dealkylation sites (N-methyl/N-ethyl adjacent to an activating group) is 1. The number of hydrogen-bond acceptors (Lipinski definition) is 4. The van der Waals surface area contributed by atoms with Gasteiger partial charge in [-0.25, -0.2) is 0 Å². The molecule has 1 N–H and O–H groups in total. The smallest absolute Gasteiger partial charge is 0.144 e. The normalized spacial score (nSPS) is 24.6. The van der Waals surface area contributed by atoms with Crippen LogP contribution in [0.4, 0.5) is 0 Å². The lowest BCUT2D eigenvalue weighted by Gasteiger charge is -2.15. The van der Waals surface area contributed by atoms with Crippen molar-refractivity contribution < 1.29 is 9.53 Å². The molecule has 16 heavy (non-hydrogen) atoms. The van der Waals surface area contributed by atoms with Crippen LogP contribution in [0.1, 0.15) is 5.56 Å². The van der Waals surface area contributed by atoms with Gasteiger partial charge in [-0.1, -0.05) is 0 Å². The summed E-state index contributed by atoms with van der Waals surface area (Å²) in [7, 11) is 1.87. The number of ketones is 1. The standard InChI is InChI=1S/C12H16N2O2/c1-13-11-8-16-7-10(11)12(15)6-9-2-4-14-5-3-9/h2-5,10-11,13H,6-8H2,1H3. The van der Waals surface area contributed by atoms with E-state index in [0.29, 0.717) is 19.6 Å². The van der Waals surface area contributed by atoms with E-state index in [1.807, 2.05) is 19.2 Å². The van der Waals surface area contributed by atoms with E-state index in [1.165, 1.54) is 0 Å². The van der Waals surface area contributed by atoms with Crippen molar-refractivity contribution in [2.24, 2.45) is 5.92 Å². The number of rotatable bonds is 4. The number of nitrogens with zero attached hydrogens (tertiary/aromatic N) is 1. The van der Waals surface area contributed by atoms with Crippen LogP contribution in [0.15, 0.2) is 24.5 Å². The van der Waals surface area contributed by atoms with Crippen LogP contribution in [-0.4, -0.2) is 37.1 Å². The van der Waals surface area contributed by atoms with Crippen molar-refractivity contribution in [1.29, 1.82) is 0 Å². The molecule has 2 atom stereocenters. The first kappa shape index (κ1) is 11.2. The highest BCUT2D eigenvalue weighted by atomic mass is 16.5. The van der Waals surface area contributed by atoms with Gasteiger partial charge in [-0.2, -0.15) is 0 Å². The van der Waals surface area contributed by atoms with Gasteiger partial charge in [0, 0.05) is 24.9 Å². The summed E-state index contributed by atoms with van der Waals surface area (Å²) < 4.78 is 5.32. The molecule has 1 aliphatic heterocycles. The van der Waals surface area contributed by atoms with Crippen LogP contribution in [0.5, 0.6) is 0 Å². The highest BCUT2D eigenvalue weighted by Crippen LogP contribution is 2.16. The number of carbonyl (C=O) groups is 1. The van der Waals surface area contributed by atoms with Gasteiger partial charge in [0.1, 0.15) is 5.78 Å². The first-order valence-electron chi connectivity index (χ1n) is 5.48. The SMILES string of the molecule is CNC1COCC1C(=O)Cc1ccncc1. The van der Waals surface area contributed by atoms with E-state index in [0.717, 1.165) is 5.56 Å². The van der Waals surface area contributed by atoms with Gasteiger partial charge in [0.2, 0.25) is 0 Å². The maximum atomic E-state index is 12.0. The van der Waals surface area contributed by atoms with Gasteiger partial charge < -0.3 is 10.1 Å². The second-order valence-electron chi connectivity index (χ2n) is 4.04. The number of ether oxygens (including phenoxy) is 1. The zero-order chi connectivity index (χ0) is 11.4. The van der Waals surface area contributed by atoms with Gasteiger partial charge in [-0.05, 0) is 24.7 Å². The zero-order valence-electron chi connectivity index (χ0n) is 9.35. The molecule has 2 rings (SSSR count). The molecule has 0 aromatic carbocycles. The average molecular weight is 220 g/mol. The van der Waals surface area contributed by atoms with E-state index >= 15 is 0 Å². The van der Waals surface area contributed by atoms with Crippen LogP contribution in [-0.2, 0) is 16.0 Å². The number of carbonyl (C=O) groups excluding carboxylic acids is 1. The van der Waals surface area contributed by atoms with Crippen molar-refractivity contribution in [1.82, 2.24) is 10.3 Å². The number of aromatic nitrogens is 1. The molecule has 4 heteroatoms. The molecule has 0 aliphatic carbocycles. The third-order valence-corrected chi connectivity index (χ3v) is 2.99. The molecular formula is C12H16N2O2. The molecular weight excluding hydrogens is 204 g/mol. The molecule has 2 heterocycles. The largest absolute Gasteiger partial charge is 0.379 e. The lowest BCUT2D eigenvalue weighted by molar-refractivity contribution is -0.122. The molecule has 4 nitrogen and oxygen atoms in total. The van der Waals surface area contributed by atoms with Crippen molar-refractivity contribution in [2.75, 3.05) is 20.3 Å². The summed E-state index contributed by atoms with van der Waals surface area (Å²) in [5.41, 5.74) is 1.02. The number of Topliss-reactive ketones (excluding diaryl/α,β-unsaturated/α-hetero) is 1. The molecule has 0 bridgehead atoms. The van der Waals surface area contributed by atoms with Crippen molar-refractivity contribution in [3.63, 3.8) is 0 Å². The Morgan fingerprint density at radius 3 is 2.94 bits per heavy atom. The van der Waals surface area contributed by atoms with Crippen LogP contribution in [0, 0.1) is 5.92 Å². The van der Waals surface area contributed by atoms with Crippen LogP contribution in [0.3, 0.4) is 0 Å². The molecule has 1 fully saturated rings. The zero-order valence-corrected chi connectivity index (χ0v) is 9.35. The maximum absolute atomic E-state index is 12.0. The minimum atomic E-state index is -0.0156. The van der Waals surface area contributed by atoms with E-state index in [-0.39, 0.29) is 17.7 Å². The number of hydrogen-bond donors (Lipinski definition) is 1. The molecule has 1 aromatic heterocycles. The van der Waals surface area contributed by atoms with E-state index in [1.54, 1.807) is 12.4 Å². The first-order chi connectivity index (χ1) is 7.81. The fourth-order valence-electron chi connectivity index (χ4n) is 1.99. The number of pyridine rings is 1. The van der Waals surface area contributed by atoms with Crippen LogP contribution < -0.4 is 5.32 Å². The Bertz CT molecular complexity index is 353. The Hall–Kier alpha value is -1.26. The van der Waals surface area contributed by atoms with Crippen molar-refractivity contribution in [2.45, 2.75) is 12.5 Å². The lowest BCUT2D eigenvalue weighted by Crippen LogP contribution is -2.37. The quantitative estimate of drug-likeness (QED) is 0.799. The molecule has 0 radical (unpaired) electrons. The summed E-state index contributed by atoms with van der Waals surface area (Å²) in [6.07, 6.45) is 3.89. The minimum absolute atomic E-state index is 0.0156. The summed E-state index contributed by atoms with van der Waals surface area (Å²) in [6.45, 7) is 1.17. The monoisotopic (exact) mass is 220 g/mol. The lowest BCUT2D eigenvalue weighted by atomic mass is 9.94. The summed E-state index contributed by atoms with van der Waals surface area (Å²) >= 11 is 0. The topological polar surface area (TPSA) is 51.2 Å². The van der Waals surface area contributed by atoms with E-state index in [4.69, 9.17) is 4.74 Å². The Labute approximate surface area is 95.0 Å². The Morgan fingerprint density at radius 1 is 1.50 bits per heavy atom. The third-order valence-electron chi connectivity index (χ3n) is 2.99. The van der Waals surface area contributed by atoms with Gasteiger partial charge in [-0.15, -0.1) is 0 Å². The molecule has 86 valence electrons. The van der Waals surface area contributed by atoms with E-state index in [9.17, 15) is 4.79 Å². The predicted octanol–water partition coefficient (Wildman–Crippen LogP) is 0.428. The minimum Gasteiger partial charge on any atom is -0.379 e. The fourth-order valence-corrected chi connectivity index (χ4v) is 1.99.